The highest BCUT2D eigenvalue weighted by molar-refractivity contribution is 5.78. The average Bonchev–Trinajstić information content (AvgIpc) is 2.50. The van der Waals surface area contributed by atoms with Gasteiger partial charge in [0.15, 0.2) is 0 Å². The number of hydrogen-bond donors (Lipinski definition) is 1. The molecular formula is C10H16O3. The Kier molecular flexibility index (Phi) is 3.07. The molecule has 74 valence electrons. The molecule has 0 heterocycles. The minimum absolute atomic E-state index is 0.0903. The average molecular weight is 184 g/mol. The zero-order chi connectivity index (χ0) is 9.90. The van der Waals surface area contributed by atoms with Crippen molar-refractivity contribution < 1.29 is 14.7 Å². The molecule has 1 N–H and O–H groups in total. The molecule has 13 heavy (non-hydrogen) atoms. The van der Waals surface area contributed by atoms with Crippen LogP contribution >= 0.6 is 0 Å². The van der Waals surface area contributed by atoms with E-state index in [1.54, 1.807) is 0 Å². The molecule has 0 aromatic rings. The highest BCUT2D eigenvalue weighted by Crippen LogP contribution is 2.42. The van der Waals surface area contributed by atoms with E-state index in [1.165, 1.54) is 6.92 Å². The third-order valence-electron chi connectivity index (χ3n) is 2.97. The first kappa shape index (κ1) is 10.2. The first-order chi connectivity index (χ1) is 6.07. The van der Waals surface area contributed by atoms with Crippen molar-refractivity contribution in [2.24, 2.45) is 5.41 Å². The van der Waals surface area contributed by atoms with E-state index < -0.39 is 11.4 Å². The first-order valence-corrected chi connectivity index (χ1v) is 4.80. The van der Waals surface area contributed by atoms with Gasteiger partial charge in [-0.25, -0.2) is 0 Å². The molecule has 1 fully saturated rings. The van der Waals surface area contributed by atoms with Gasteiger partial charge in [0.1, 0.15) is 5.78 Å². The summed E-state index contributed by atoms with van der Waals surface area (Å²) in [6.45, 7) is 1.52. The molecular weight excluding hydrogens is 168 g/mol. The van der Waals surface area contributed by atoms with E-state index in [9.17, 15) is 9.59 Å². The molecule has 0 aromatic carbocycles. The number of ketones is 1. The van der Waals surface area contributed by atoms with Crippen molar-refractivity contribution in [3.63, 3.8) is 0 Å². The van der Waals surface area contributed by atoms with Crippen LogP contribution in [0.25, 0.3) is 0 Å². The van der Waals surface area contributed by atoms with Crippen LogP contribution in [-0.4, -0.2) is 16.9 Å². The maximum absolute atomic E-state index is 11.0. The van der Waals surface area contributed by atoms with Crippen molar-refractivity contribution in [2.75, 3.05) is 0 Å². The topological polar surface area (TPSA) is 54.4 Å². The second-order valence-corrected chi connectivity index (χ2v) is 3.99. The van der Waals surface area contributed by atoms with Gasteiger partial charge >= 0.3 is 5.97 Å². The molecule has 0 spiro atoms. The van der Waals surface area contributed by atoms with Gasteiger partial charge in [-0.3, -0.25) is 4.79 Å². The fourth-order valence-corrected chi connectivity index (χ4v) is 2.04. The van der Waals surface area contributed by atoms with Crippen LogP contribution in [0, 0.1) is 5.41 Å². The van der Waals surface area contributed by atoms with Crippen molar-refractivity contribution >= 4 is 11.8 Å². The van der Waals surface area contributed by atoms with E-state index in [2.05, 4.69) is 0 Å². The molecule has 1 aliphatic rings. The Labute approximate surface area is 78.1 Å². The minimum atomic E-state index is -0.716. The molecule has 0 amide bonds. The third kappa shape index (κ3) is 2.29. The smallest absolute Gasteiger partial charge is 0.309 e. The van der Waals surface area contributed by atoms with Crippen molar-refractivity contribution in [1.82, 2.24) is 0 Å². The molecule has 1 aliphatic carbocycles. The molecule has 0 aliphatic heterocycles. The van der Waals surface area contributed by atoms with Gasteiger partial charge in [-0.2, -0.15) is 0 Å². The zero-order valence-corrected chi connectivity index (χ0v) is 8.01. The minimum Gasteiger partial charge on any atom is -0.481 e. The SMILES string of the molecule is CC(=O)CCC1(C(=O)O)CCCC1. The van der Waals surface area contributed by atoms with Gasteiger partial charge in [0.2, 0.25) is 0 Å². The Morgan fingerprint density at radius 2 is 1.85 bits per heavy atom. The molecule has 0 unspecified atom stereocenters. The van der Waals surface area contributed by atoms with Crippen LogP contribution in [0.3, 0.4) is 0 Å². The predicted molar refractivity (Wildman–Crippen MR) is 48.5 cm³/mol. The van der Waals surface area contributed by atoms with E-state index in [0.29, 0.717) is 12.8 Å². The summed E-state index contributed by atoms with van der Waals surface area (Å²) in [4.78, 5) is 21.8. The Morgan fingerprint density at radius 1 is 1.31 bits per heavy atom. The third-order valence-corrected chi connectivity index (χ3v) is 2.97. The maximum Gasteiger partial charge on any atom is 0.309 e. The Balaban J connectivity index is 2.57. The summed E-state index contributed by atoms with van der Waals surface area (Å²) in [5.41, 5.74) is -0.578. The number of aliphatic carboxylic acids is 1. The normalized spacial score (nSPS) is 20.1. The highest BCUT2D eigenvalue weighted by atomic mass is 16.4. The lowest BCUT2D eigenvalue weighted by Crippen LogP contribution is -2.28. The van der Waals surface area contributed by atoms with Crippen molar-refractivity contribution in [3.8, 4) is 0 Å². The molecule has 1 rings (SSSR count). The predicted octanol–water partition coefficient (Wildman–Crippen LogP) is 2.00. The summed E-state index contributed by atoms with van der Waals surface area (Å²) in [6, 6.07) is 0. The van der Waals surface area contributed by atoms with Crippen molar-refractivity contribution in [1.29, 1.82) is 0 Å². The lowest BCUT2D eigenvalue weighted by atomic mass is 9.81. The van der Waals surface area contributed by atoms with Crippen LogP contribution < -0.4 is 0 Å². The van der Waals surface area contributed by atoms with E-state index in [0.717, 1.165) is 25.7 Å². The van der Waals surface area contributed by atoms with Crippen LogP contribution in [0.15, 0.2) is 0 Å². The van der Waals surface area contributed by atoms with Gasteiger partial charge in [-0.05, 0) is 26.2 Å². The van der Waals surface area contributed by atoms with E-state index in [1.807, 2.05) is 0 Å². The summed E-state index contributed by atoms with van der Waals surface area (Å²) in [6.07, 6.45) is 4.41. The lowest BCUT2D eigenvalue weighted by molar-refractivity contribution is -0.149. The van der Waals surface area contributed by atoms with Crippen LogP contribution in [-0.2, 0) is 9.59 Å². The Bertz CT molecular complexity index is 214. The van der Waals surface area contributed by atoms with E-state index in [4.69, 9.17) is 5.11 Å². The standard InChI is InChI=1S/C10H16O3/c1-8(11)4-7-10(9(12)13)5-2-3-6-10/h2-7H2,1H3,(H,12,13). The Hall–Kier alpha value is -0.860. The molecule has 1 saturated carbocycles. The number of carbonyl (C=O) groups is 2. The Morgan fingerprint density at radius 3 is 2.23 bits per heavy atom. The van der Waals surface area contributed by atoms with Gasteiger partial charge < -0.3 is 9.90 Å². The zero-order valence-electron chi connectivity index (χ0n) is 8.01. The highest BCUT2D eigenvalue weighted by Gasteiger charge is 2.40. The second kappa shape index (κ2) is 3.90. The fraction of sp³-hybridized carbons (Fsp3) is 0.800. The van der Waals surface area contributed by atoms with Crippen molar-refractivity contribution in [2.45, 2.75) is 45.4 Å². The van der Waals surface area contributed by atoms with Crippen LogP contribution in [0.2, 0.25) is 0 Å². The quantitative estimate of drug-likeness (QED) is 0.727. The molecule has 3 heteroatoms. The number of rotatable bonds is 4. The summed E-state index contributed by atoms with van der Waals surface area (Å²) < 4.78 is 0. The van der Waals surface area contributed by atoms with Gasteiger partial charge in [-0.15, -0.1) is 0 Å². The summed E-state index contributed by atoms with van der Waals surface area (Å²) in [7, 11) is 0. The van der Waals surface area contributed by atoms with Crippen molar-refractivity contribution in [3.05, 3.63) is 0 Å². The maximum atomic E-state index is 11.0. The van der Waals surface area contributed by atoms with Gasteiger partial charge in [-0.1, -0.05) is 12.8 Å². The lowest BCUT2D eigenvalue weighted by Gasteiger charge is -2.22. The van der Waals surface area contributed by atoms with Crippen LogP contribution in [0.1, 0.15) is 45.4 Å². The number of carbonyl (C=O) groups excluding carboxylic acids is 1. The van der Waals surface area contributed by atoms with E-state index >= 15 is 0 Å². The number of Topliss-reactive ketones (excluding diaryl/α,β-unsaturated/α-hetero) is 1. The van der Waals surface area contributed by atoms with Gasteiger partial charge in [0.25, 0.3) is 0 Å². The number of carboxylic acid groups (broad SMARTS) is 1. The first-order valence-electron chi connectivity index (χ1n) is 4.80. The molecule has 0 bridgehead atoms. The number of carboxylic acids is 1. The molecule has 0 saturated heterocycles. The molecule has 3 nitrogen and oxygen atoms in total. The molecule has 0 aromatic heterocycles. The van der Waals surface area contributed by atoms with Crippen LogP contribution in [0.4, 0.5) is 0 Å². The van der Waals surface area contributed by atoms with Crippen LogP contribution in [0.5, 0.6) is 0 Å². The van der Waals surface area contributed by atoms with Gasteiger partial charge in [0, 0.05) is 6.42 Å². The summed E-state index contributed by atoms with van der Waals surface area (Å²) in [5, 5.41) is 9.07. The summed E-state index contributed by atoms with van der Waals surface area (Å²) in [5.74, 6) is -0.626. The second-order valence-electron chi connectivity index (χ2n) is 3.99. The molecule has 0 atom stereocenters. The van der Waals surface area contributed by atoms with E-state index in [-0.39, 0.29) is 5.78 Å². The number of hydrogen-bond acceptors (Lipinski definition) is 2. The summed E-state index contributed by atoms with van der Waals surface area (Å²) >= 11 is 0. The van der Waals surface area contributed by atoms with Gasteiger partial charge in [0.05, 0.1) is 5.41 Å². The largest absolute Gasteiger partial charge is 0.481 e. The monoisotopic (exact) mass is 184 g/mol. The molecule has 0 radical (unpaired) electrons. The fourth-order valence-electron chi connectivity index (χ4n) is 2.04.